The molecular weight excluding hydrogens is 140 g/mol. The number of aliphatic hydroxyl groups is 1. The fourth-order valence-electron chi connectivity index (χ4n) is 0.915. The van der Waals surface area contributed by atoms with E-state index in [1.807, 2.05) is 12.1 Å². The van der Waals surface area contributed by atoms with Crippen molar-refractivity contribution in [2.45, 2.75) is 25.5 Å². The summed E-state index contributed by atoms with van der Waals surface area (Å²) in [6, 6.07) is 3.66. The third-order valence-corrected chi connectivity index (χ3v) is 1.62. The Morgan fingerprint density at radius 3 is 2.64 bits per heavy atom. The minimum absolute atomic E-state index is 0.592. The molecule has 0 aliphatic rings. The summed E-state index contributed by atoms with van der Waals surface area (Å²) in [7, 11) is 0. The molecule has 0 bridgehead atoms. The highest BCUT2D eigenvalue weighted by Crippen LogP contribution is 2.20. The molecule has 0 aliphatic heterocycles. The lowest BCUT2D eigenvalue weighted by Gasteiger charge is -2.24. The second-order valence-corrected chi connectivity index (χ2v) is 3.35. The van der Waals surface area contributed by atoms with Crippen molar-refractivity contribution < 1.29 is 5.11 Å². The number of hydrogen-bond acceptors (Lipinski definition) is 2. The molecule has 3 heteroatoms. The lowest BCUT2D eigenvalue weighted by molar-refractivity contribution is 0.101. The molecule has 62 valence electrons. The molecule has 0 saturated carbocycles. The number of rotatable bonds is 2. The summed E-state index contributed by atoms with van der Waals surface area (Å²) >= 11 is 0. The van der Waals surface area contributed by atoms with E-state index in [0.29, 0.717) is 0 Å². The van der Waals surface area contributed by atoms with Gasteiger partial charge in [-0.05, 0) is 26.0 Å². The third-order valence-electron chi connectivity index (χ3n) is 1.62. The second-order valence-electron chi connectivity index (χ2n) is 3.35. The van der Waals surface area contributed by atoms with E-state index in [4.69, 9.17) is 5.73 Å². The molecule has 0 aromatic carbocycles. The van der Waals surface area contributed by atoms with Gasteiger partial charge < -0.3 is 15.8 Å². The van der Waals surface area contributed by atoms with Gasteiger partial charge in [-0.3, -0.25) is 0 Å². The van der Waals surface area contributed by atoms with Gasteiger partial charge in [0.1, 0.15) is 6.10 Å². The number of hydrogen-bond donors (Lipinski definition) is 3. The molecule has 1 rings (SSSR count). The molecule has 3 nitrogen and oxygen atoms in total. The molecule has 1 heterocycles. The molecule has 11 heavy (non-hydrogen) atoms. The van der Waals surface area contributed by atoms with Crippen LogP contribution in [0.2, 0.25) is 0 Å². The highest BCUT2D eigenvalue weighted by molar-refractivity contribution is 5.11. The van der Waals surface area contributed by atoms with Gasteiger partial charge in [-0.15, -0.1) is 0 Å². The van der Waals surface area contributed by atoms with E-state index in [1.165, 1.54) is 0 Å². The van der Waals surface area contributed by atoms with Gasteiger partial charge in [-0.1, -0.05) is 0 Å². The van der Waals surface area contributed by atoms with Crippen LogP contribution in [0.4, 0.5) is 0 Å². The molecule has 1 atom stereocenters. The highest BCUT2D eigenvalue weighted by atomic mass is 16.3. The Kier molecular flexibility index (Phi) is 2.02. The Bertz CT molecular complexity index is 210. The van der Waals surface area contributed by atoms with Crippen LogP contribution in [0.15, 0.2) is 18.3 Å². The van der Waals surface area contributed by atoms with Crippen LogP contribution in [-0.2, 0) is 0 Å². The topological polar surface area (TPSA) is 62.0 Å². The molecule has 0 fully saturated rings. The van der Waals surface area contributed by atoms with Crippen molar-refractivity contribution in [2.75, 3.05) is 0 Å². The molecule has 0 amide bonds. The number of aromatic amines is 1. The van der Waals surface area contributed by atoms with E-state index in [2.05, 4.69) is 4.98 Å². The second kappa shape index (κ2) is 2.68. The van der Waals surface area contributed by atoms with Gasteiger partial charge in [0.05, 0.1) is 0 Å². The monoisotopic (exact) mass is 154 g/mol. The zero-order valence-corrected chi connectivity index (χ0v) is 6.83. The molecular formula is C8H14N2O. The van der Waals surface area contributed by atoms with Crippen molar-refractivity contribution in [2.24, 2.45) is 5.73 Å². The summed E-state index contributed by atoms with van der Waals surface area (Å²) in [6.07, 6.45) is 1.14. The van der Waals surface area contributed by atoms with Gasteiger partial charge in [0.15, 0.2) is 0 Å². The largest absolute Gasteiger partial charge is 0.385 e. The Morgan fingerprint density at radius 1 is 1.64 bits per heavy atom. The zero-order chi connectivity index (χ0) is 8.48. The number of H-pyrrole nitrogens is 1. The van der Waals surface area contributed by atoms with Crippen LogP contribution >= 0.6 is 0 Å². The zero-order valence-electron chi connectivity index (χ0n) is 6.83. The summed E-state index contributed by atoms with van der Waals surface area (Å²) in [5, 5.41) is 9.59. The van der Waals surface area contributed by atoms with E-state index in [9.17, 15) is 5.11 Å². The minimum atomic E-state index is -0.627. The Morgan fingerprint density at radius 2 is 2.27 bits per heavy atom. The molecule has 4 N–H and O–H groups in total. The van der Waals surface area contributed by atoms with Crippen molar-refractivity contribution in [3.63, 3.8) is 0 Å². The number of aromatic nitrogens is 1. The average Bonchev–Trinajstić information content (AvgIpc) is 2.34. The van der Waals surface area contributed by atoms with E-state index < -0.39 is 11.6 Å². The van der Waals surface area contributed by atoms with Gasteiger partial charge >= 0.3 is 0 Å². The van der Waals surface area contributed by atoms with Crippen LogP contribution < -0.4 is 5.73 Å². The summed E-state index contributed by atoms with van der Waals surface area (Å²) < 4.78 is 0. The minimum Gasteiger partial charge on any atom is -0.385 e. The van der Waals surface area contributed by atoms with Crippen LogP contribution in [0.3, 0.4) is 0 Å². The highest BCUT2D eigenvalue weighted by Gasteiger charge is 2.24. The first-order valence-electron chi connectivity index (χ1n) is 3.62. The van der Waals surface area contributed by atoms with Gasteiger partial charge in [0, 0.05) is 17.4 Å². The van der Waals surface area contributed by atoms with Crippen molar-refractivity contribution in [3.8, 4) is 0 Å². The van der Waals surface area contributed by atoms with Crippen LogP contribution in [0.1, 0.15) is 25.6 Å². The summed E-state index contributed by atoms with van der Waals surface area (Å²) in [5.41, 5.74) is 5.87. The third kappa shape index (κ3) is 1.82. The first-order valence-corrected chi connectivity index (χ1v) is 3.62. The summed E-state index contributed by atoms with van der Waals surface area (Å²) in [6.45, 7) is 3.58. The number of aliphatic hydroxyl groups excluding tert-OH is 1. The van der Waals surface area contributed by atoms with Crippen LogP contribution in [0, 0.1) is 0 Å². The molecule has 0 aliphatic carbocycles. The normalized spacial score (nSPS) is 14.9. The maximum absolute atomic E-state index is 9.59. The Hall–Kier alpha value is -0.800. The van der Waals surface area contributed by atoms with Crippen LogP contribution in [-0.4, -0.2) is 15.6 Å². The predicted octanol–water partition coefficient (Wildman–Crippen LogP) is 0.785. The van der Waals surface area contributed by atoms with E-state index in [0.717, 1.165) is 5.69 Å². The molecule has 0 spiro atoms. The van der Waals surface area contributed by atoms with Gasteiger partial charge in [-0.2, -0.15) is 0 Å². The summed E-state index contributed by atoms with van der Waals surface area (Å²) in [5.74, 6) is 0. The standard InChI is InChI=1S/C8H14N2O/c1-8(2,9)7(11)6-4-3-5-10-6/h3-5,7,10-11H,9H2,1-2H3. The average molecular weight is 154 g/mol. The SMILES string of the molecule is CC(C)(N)C(O)c1ccc[nH]1. The number of nitrogens with two attached hydrogens (primary N) is 1. The molecule has 1 aromatic heterocycles. The predicted molar refractivity (Wildman–Crippen MR) is 44.0 cm³/mol. The van der Waals surface area contributed by atoms with E-state index >= 15 is 0 Å². The summed E-state index contributed by atoms with van der Waals surface area (Å²) in [4.78, 5) is 2.91. The van der Waals surface area contributed by atoms with Crippen molar-refractivity contribution in [1.82, 2.24) is 4.98 Å². The Balaban J connectivity index is 2.78. The van der Waals surface area contributed by atoms with Gasteiger partial charge in [0.25, 0.3) is 0 Å². The van der Waals surface area contributed by atoms with Gasteiger partial charge in [0.2, 0.25) is 0 Å². The number of nitrogens with one attached hydrogen (secondary N) is 1. The van der Waals surface area contributed by atoms with Crippen LogP contribution in [0.25, 0.3) is 0 Å². The quantitative estimate of drug-likeness (QED) is 0.589. The fraction of sp³-hybridized carbons (Fsp3) is 0.500. The van der Waals surface area contributed by atoms with Crippen molar-refractivity contribution in [3.05, 3.63) is 24.0 Å². The van der Waals surface area contributed by atoms with E-state index in [1.54, 1.807) is 20.0 Å². The van der Waals surface area contributed by atoms with Gasteiger partial charge in [-0.25, -0.2) is 0 Å². The van der Waals surface area contributed by atoms with Crippen molar-refractivity contribution in [1.29, 1.82) is 0 Å². The maximum Gasteiger partial charge on any atom is 0.111 e. The molecule has 1 unspecified atom stereocenters. The lowest BCUT2D eigenvalue weighted by Crippen LogP contribution is -2.39. The molecule has 1 aromatic rings. The maximum atomic E-state index is 9.59. The molecule has 0 radical (unpaired) electrons. The lowest BCUT2D eigenvalue weighted by atomic mass is 9.96. The first-order chi connectivity index (χ1) is 5.02. The first kappa shape index (κ1) is 8.30. The Labute approximate surface area is 66.2 Å². The smallest absolute Gasteiger partial charge is 0.111 e. The van der Waals surface area contributed by atoms with E-state index in [-0.39, 0.29) is 0 Å². The molecule has 0 saturated heterocycles. The van der Waals surface area contributed by atoms with Crippen LogP contribution in [0.5, 0.6) is 0 Å². The fourth-order valence-corrected chi connectivity index (χ4v) is 0.915. The van der Waals surface area contributed by atoms with Crippen molar-refractivity contribution >= 4 is 0 Å².